The van der Waals surface area contributed by atoms with Gasteiger partial charge in [-0.15, -0.1) is 0 Å². The summed E-state index contributed by atoms with van der Waals surface area (Å²) in [5.41, 5.74) is 5.50. The maximum atomic E-state index is 6.40. The Morgan fingerprint density at radius 1 is 1.30 bits per heavy atom. The van der Waals surface area contributed by atoms with Gasteiger partial charge in [-0.1, -0.05) is 41.4 Å². The van der Waals surface area contributed by atoms with E-state index in [1.807, 2.05) is 43.7 Å². The Hall–Kier alpha value is -1.07. The van der Waals surface area contributed by atoms with Crippen LogP contribution in [-0.2, 0) is 0 Å². The van der Waals surface area contributed by atoms with Crippen molar-refractivity contribution in [2.45, 2.75) is 32.9 Å². The van der Waals surface area contributed by atoms with Gasteiger partial charge in [0.05, 0.1) is 23.0 Å². The van der Waals surface area contributed by atoms with Crippen LogP contribution in [0.15, 0.2) is 24.4 Å². The van der Waals surface area contributed by atoms with Crippen molar-refractivity contribution in [1.82, 2.24) is 15.2 Å². The fourth-order valence-electron chi connectivity index (χ4n) is 2.24. The van der Waals surface area contributed by atoms with Crippen LogP contribution < -0.4 is 11.3 Å². The monoisotopic (exact) mass is 312 g/mol. The van der Waals surface area contributed by atoms with Crippen molar-refractivity contribution in [3.05, 3.63) is 51.3 Å². The van der Waals surface area contributed by atoms with Crippen LogP contribution in [0.1, 0.15) is 42.8 Å². The summed E-state index contributed by atoms with van der Waals surface area (Å²) in [5.74, 6) is 5.74. The molecule has 4 nitrogen and oxygen atoms in total. The van der Waals surface area contributed by atoms with Gasteiger partial charge in [-0.25, -0.2) is 5.43 Å². The molecular weight excluding hydrogens is 295 g/mol. The number of nitrogens with two attached hydrogens (primary N) is 1. The van der Waals surface area contributed by atoms with Crippen LogP contribution in [0.4, 0.5) is 0 Å². The molecule has 2 rings (SSSR count). The topological polar surface area (TPSA) is 55.9 Å². The van der Waals surface area contributed by atoms with Crippen LogP contribution in [0.3, 0.4) is 0 Å². The van der Waals surface area contributed by atoms with E-state index in [0.717, 1.165) is 16.8 Å². The molecule has 1 aromatic heterocycles. The van der Waals surface area contributed by atoms with E-state index >= 15 is 0 Å². The van der Waals surface area contributed by atoms with E-state index < -0.39 is 0 Å². The van der Waals surface area contributed by atoms with Gasteiger partial charge < -0.3 is 0 Å². The van der Waals surface area contributed by atoms with E-state index in [0.29, 0.717) is 10.0 Å². The van der Waals surface area contributed by atoms with Gasteiger partial charge in [0.1, 0.15) is 0 Å². The number of hydrogen-bond donors (Lipinski definition) is 2. The predicted molar refractivity (Wildman–Crippen MR) is 83.0 cm³/mol. The number of hydrazine groups is 1. The largest absolute Gasteiger partial charge is 0.271 e. The fraction of sp³-hybridized carbons (Fsp3) is 0.357. The molecule has 0 spiro atoms. The number of aromatic nitrogens is 2. The lowest BCUT2D eigenvalue weighted by atomic mass is 10.0. The number of aryl methyl sites for hydroxylation is 1. The van der Waals surface area contributed by atoms with E-state index in [4.69, 9.17) is 29.0 Å². The number of nitrogens with one attached hydrogen (secondary N) is 1. The Kier molecular flexibility index (Phi) is 4.70. The minimum atomic E-state index is -0.306. The van der Waals surface area contributed by atoms with Gasteiger partial charge in [-0.2, -0.15) is 5.10 Å². The molecule has 0 radical (unpaired) electrons. The maximum absolute atomic E-state index is 6.40. The second-order valence-corrected chi connectivity index (χ2v) is 5.78. The smallest absolute Gasteiger partial charge is 0.0908 e. The highest BCUT2D eigenvalue weighted by Crippen LogP contribution is 2.34. The molecule has 0 bridgehead atoms. The average molecular weight is 313 g/mol. The van der Waals surface area contributed by atoms with E-state index in [1.54, 1.807) is 6.20 Å². The summed E-state index contributed by atoms with van der Waals surface area (Å²) in [6.07, 6.45) is 1.63. The third kappa shape index (κ3) is 2.69. The summed E-state index contributed by atoms with van der Waals surface area (Å²) in [5, 5.41) is 5.56. The van der Waals surface area contributed by atoms with Crippen molar-refractivity contribution in [3.63, 3.8) is 0 Å². The molecule has 0 aliphatic carbocycles. The summed E-state index contributed by atoms with van der Waals surface area (Å²) in [4.78, 5) is 0. The molecule has 1 unspecified atom stereocenters. The number of hydrogen-bond acceptors (Lipinski definition) is 3. The van der Waals surface area contributed by atoms with E-state index in [2.05, 4.69) is 10.5 Å². The van der Waals surface area contributed by atoms with Crippen molar-refractivity contribution in [2.24, 2.45) is 5.84 Å². The molecular formula is C14H18Cl2N4. The minimum absolute atomic E-state index is 0.178. The summed E-state index contributed by atoms with van der Waals surface area (Å²) in [7, 11) is 0. The molecule has 0 aliphatic rings. The highest BCUT2D eigenvalue weighted by molar-refractivity contribution is 6.32. The highest BCUT2D eigenvalue weighted by Gasteiger charge is 2.24. The number of nitrogens with zero attached hydrogens (tertiary/aromatic N) is 2. The predicted octanol–water partition coefficient (Wildman–Crippen LogP) is 3.63. The lowest BCUT2D eigenvalue weighted by Crippen LogP contribution is -2.31. The van der Waals surface area contributed by atoms with Crippen LogP contribution >= 0.6 is 23.2 Å². The van der Waals surface area contributed by atoms with Crippen LogP contribution in [0.2, 0.25) is 10.0 Å². The Labute approximate surface area is 128 Å². The third-order valence-corrected chi connectivity index (χ3v) is 4.06. The second-order valence-electron chi connectivity index (χ2n) is 4.99. The molecule has 20 heavy (non-hydrogen) atoms. The third-order valence-electron chi connectivity index (χ3n) is 3.25. The number of halogens is 2. The van der Waals surface area contributed by atoms with Crippen LogP contribution in [0.25, 0.3) is 0 Å². The van der Waals surface area contributed by atoms with Crippen LogP contribution in [0.5, 0.6) is 0 Å². The highest BCUT2D eigenvalue weighted by atomic mass is 35.5. The molecule has 2 aromatic rings. The van der Waals surface area contributed by atoms with Crippen molar-refractivity contribution in [2.75, 3.05) is 0 Å². The lowest BCUT2D eigenvalue weighted by Gasteiger charge is -2.22. The number of benzene rings is 1. The second kappa shape index (κ2) is 6.14. The summed E-state index contributed by atoms with van der Waals surface area (Å²) < 4.78 is 1.85. The van der Waals surface area contributed by atoms with Gasteiger partial charge in [-0.05, 0) is 31.9 Å². The molecule has 0 aliphatic heterocycles. The first-order valence-electron chi connectivity index (χ1n) is 6.41. The minimum Gasteiger partial charge on any atom is -0.271 e. The van der Waals surface area contributed by atoms with E-state index in [-0.39, 0.29) is 12.1 Å². The zero-order valence-corrected chi connectivity index (χ0v) is 13.2. The van der Waals surface area contributed by atoms with Crippen LogP contribution in [-0.4, -0.2) is 9.78 Å². The molecule has 6 heteroatoms. The zero-order valence-electron chi connectivity index (χ0n) is 11.7. The first-order chi connectivity index (χ1) is 9.47. The van der Waals surface area contributed by atoms with Gasteiger partial charge in [0, 0.05) is 11.1 Å². The van der Waals surface area contributed by atoms with Gasteiger partial charge in [0.25, 0.3) is 0 Å². The van der Waals surface area contributed by atoms with E-state index in [1.165, 1.54) is 0 Å². The van der Waals surface area contributed by atoms with Crippen molar-refractivity contribution < 1.29 is 0 Å². The average Bonchev–Trinajstić information content (AvgIpc) is 2.78. The standard InChI is InChI=1S/C14H18Cl2N4/c1-8(2)20-14(11(15)7-18-20)13(19-17)10-6-4-5-9(3)12(10)16/h4-8,13,19H,17H2,1-3H3. The molecule has 3 N–H and O–H groups in total. The summed E-state index contributed by atoms with van der Waals surface area (Å²) >= 11 is 12.7. The SMILES string of the molecule is Cc1cccc(C(NN)c2c(Cl)cnn2C(C)C)c1Cl. The Bertz CT molecular complexity index is 607. The molecule has 0 fully saturated rings. The Morgan fingerprint density at radius 3 is 2.60 bits per heavy atom. The van der Waals surface area contributed by atoms with Gasteiger partial charge >= 0.3 is 0 Å². The Morgan fingerprint density at radius 2 is 2.00 bits per heavy atom. The van der Waals surface area contributed by atoms with E-state index in [9.17, 15) is 0 Å². The fourth-order valence-corrected chi connectivity index (χ4v) is 2.72. The van der Waals surface area contributed by atoms with Gasteiger partial charge in [0.15, 0.2) is 0 Å². The van der Waals surface area contributed by atoms with Crippen molar-refractivity contribution >= 4 is 23.2 Å². The number of rotatable bonds is 4. The molecule has 1 heterocycles. The first-order valence-corrected chi connectivity index (χ1v) is 7.17. The molecule has 1 aromatic carbocycles. The van der Waals surface area contributed by atoms with Crippen molar-refractivity contribution in [1.29, 1.82) is 0 Å². The molecule has 108 valence electrons. The quantitative estimate of drug-likeness (QED) is 0.669. The maximum Gasteiger partial charge on any atom is 0.0908 e. The van der Waals surface area contributed by atoms with Gasteiger partial charge in [0.2, 0.25) is 0 Å². The zero-order chi connectivity index (χ0) is 14.9. The lowest BCUT2D eigenvalue weighted by molar-refractivity contribution is 0.476. The summed E-state index contributed by atoms with van der Waals surface area (Å²) in [6.45, 7) is 6.04. The molecule has 0 saturated heterocycles. The first kappa shape index (κ1) is 15.3. The molecule has 0 saturated carbocycles. The van der Waals surface area contributed by atoms with Crippen LogP contribution in [0, 0.1) is 6.92 Å². The summed E-state index contributed by atoms with van der Waals surface area (Å²) in [6, 6.07) is 5.72. The normalized spacial score (nSPS) is 12.9. The Balaban J connectivity index is 2.58. The molecule has 0 amide bonds. The van der Waals surface area contributed by atoms with Gasteiger partial charge in [-0.3, -0.25) is 10.5 Å². The molecule has 1 atom stereocenters. The van der Waals surface area contributed by atoms with Crippen molar-refractivity contribution in [3.8, 4) is 0 Å².